The van der Waals surface area contributed by atoms with Gasteiger partial charge in [0.1, 0.15) is 0 Å². The van der Waals surface area contributed by atoms with Crippen molar-refractivity contribution in [3.63, 3.8) is 0 Å². The highest BCUT2D eigenvalue weighted by Gasteiger charge is 2.26. The van der Waals surface area contributed by atoms with Crippen LogP contribution in [-0.4, -0.2) is 41.4 Å². The fourth-order valence-electron chi connectivity index (χ4n) is 2.37. The minimum atomic E-state index is 0.301. The molecule has 1 saturated carbocycles. The van der Waals surface area contributed by atoms with Crippen LogP contribution in [0, 0.1) is 0 Å². The van der Waals surface area contributed by atoms with Gasteiger partial charge in [-0.3, -0.25) is 4.79 Å². The predicted molar refractivity (Wildman–Crippen MR) is 70.6 cm³/mol. The van der Waals surface area contributed by atoms with Gasteiger partial charge in [0, 0.05) is 18.6 Å². The summed E-state index contributed by atoms with van der Waals surface area (Å²) >= 11 is 1.61. The van der Waals surface area contributed by atoms with Gasteiger partial charge < -0.3 is 10.6 Å². The van der Waals surface area contributed by atoms with Crippen molar-refractivity contribution in [2.45, 2.75) is 51.1 Å². The van der Waals surface area contributed by atoms with Gasteiger partial charge in [0.2, 0.25) is 5.91 Å². The Balaban J connectivity index is 2.51. The van der Waals surface area contributed by atoms with Crippen LogP contribution in [0.2, 0.25) is 0 Å². The maximum absolute atomic E-state index is 12.0. The van der Waals surface area contributed by atoms with Crippen molar-refractivity contribution in [1.82, 2.24) is 4.90 Å². The third-order valence-electron chi connectivity index (χ3n) is 3.23. The van der Waals surface area contributed by atoms with Crippen molar-refractivity contribution in [3.8, 4) is 0 Å². The van der Waals surface area contributed by atoms with Crippen molar-refractivity contribution in [3.05, 3.63) is 0 Å². The quantitative estimate of drug-likeness (QED) is 0.803. The number of thioether (sulfide) groups is 1. The molecule has 0 saturated heterocycles. The van der Waals surface area contributed by atoms with Crippen LogP contribution in [0.5, 0.6) is 0 Å². The van der Waals surface area contributed by atoms with Gasteiger partial charge in [0.15, 0.2) is 0 Å². The molecule has 0 aromatic carbocycles. The lowest BCUT2D eigenvalue weighted by Gasteiger charge is -2.36. The number of rotatable bonds is 5. The molecule has 1 fully saturated rings. The average Bonchev–Trinajstić information content (AvgIpc) is 2.28. The van der Waals surface area contributed by atoms with Crippen LogP contribution in [0.15, 0.2) is 0 Å². The van der Waals surface area contributed by atoms with Crippen molar-refractivity contribution < 1.29 is 4.79 Å². The molecule has 0 heterocycles. The summed E-state index contributed by atoms with van der Waals surface area (Å²) in [5.41, 5.74) is 5.90. The van der Waals surface area contributed by atoms with E-state index in [1.165, 1.54) is 0 Å². The second-order valence-electron chi connectivity index (χ2n) is 4.59. The first-order chi connectivity index (χ1) is 7.69. The molecular formula is C12H24N2OS. The van der Waals surface area contributed by atoms with Crippen molar-refractivity contribution >= 4 is 17.7 Å². The number of carbonyl (C=O) groups is 1. The molecule has 1 aliphatic rings. The predicted octanol–water partition coefficient (Wildman–Crippen LogP) is 1.86. The summed E-state index contributed by atoms with van der Waals surface area (Å²) in [5, 5.41) is 0. The zero-order valence-electron chi connectivity index (χ0n) is 10.4. The lowest BCUT2D eigenvalue weighted by molar-refractivity contribution is -0.131. The zero-order chi connectivity index (χ0) is 12.0. The Hall–Kier alpha value is -0.220. The molecular weight excluding hydrogens is 220 g/mol. The summed E-state index contributed by atoms with van der Waals surface area (Å²) in [6.07, 6.45) is 7.33. The first kappa shape index (κ1) is 13.8. The van der Waals surface area contributed by atoms with E-state index >= 15 is 0 Å². The molecule has 0 spiro atoms. The molecule has 0 unspecified atom stereocenters. The summed E-state index contributed by atoms with van der Waals surface area (Å²) in [6, 6.07) is 0.801. The normalized spacial score (nSPS) is 25.4. The van der Waals surface area contributed by atoms with Gasteiger partial charge in [0.25, 0.3) is 0 Å². The van der Waals surface area contributed by atoms with Crippen molar-refractivity contribution in [2.75, 3.05) is 18.6 Å². The SMILES string of the molecule is CCCN(C(=O)CSC)C1CCC(N)CC1. The summed E-state index contributed by atoms with van der Waals surface area (Å²) in [6.45, 7) is 3.03. The Morgan fingerprint density at radius 2 is 2.00 bits per heavy atom. The molecule has 3 nitrogen and oxygen atoms in total. The second kappa shape index (κ2) is 7.17. The largest absolute Gasteiger partial charge is 0.339 e. The topological polar surface area (TPSA) is 46.3 Å². The van der Waals surface area contributed by atoms with Crippen LogP contribution in [0.3, 0.4) is 0 Å². The lowest BCUT2D eigenvalue weighted by atomic mass is 9.90. The average molecular weight is 244 g/mol. The standard InChI is InChI=1S/C12H24N2OS/c1-3-8-14(12(15)9-16-2)11-6-4-10(13)5-7-11/h10-11H,3-9,13H2,1-2H3. The molecule has 16 heavy (non-hydrogen) atoms. The fraction of sp³-hybridized carbons (Fsp3) is 0.917. The molecule has 4 heteroatoms. The molecule has 0 atom stereocenters. The molecule has 0 bridgehead atoms. The fourth-order valence-corrected chi connectivity index (χ4v) is 2.78. The van der Waals surface area contributed by atoms with Gasteiger partial charge in [-0.1, -0.05) is 6.92 Å². The van der Waals surface area contributed by atoms with E-state index in [0.717, 1.165) is 38.6 Å². The lowest BCUT2D eigenvalue weighted by Crippen LogP contribution is -2.45. The highest BCUT2D eigenvalue weighted by molar-refractivity contribution is 7.99. The highest BCUT2D eigenvalue weighted by atomic mass is 32.2. The summed E-state index contributed by atoms with van der Waals surface area (Å²) in [5.74, 6) is 0.914. The Morgan fingerprint density at radius 1 is 1.38 bits per heavy atom. The second-order valence-corrected chi connectivity index (χ2v) is 5.45. The van der Waals surface area contributed by atoms with Crippen LogP contribution in [0.25, 0.3) is 0 Å². The summed E-state index contributed by atoms with van der Waals surface area (Å²) in [4.78, 5) is 14.1. The first-order valence-electron chi connectivity index (χ1n) is 6.23. The molecule has 0 aromatic rings. The monoisotopic (exact) mass is 244 g/mol. The molecule has 0 radical (unpaired) electrons. The maximum Gasteiger partial charge on any atom is 0.232 e. The van der Waals surface area contributed by atoms with Gasteiger partial charge in [-0.05, 0) is 38.4 Å². The van der Waals surface area contributed by atoms with E-state index in [9.17, 15) is 4.79 Å². The molecule has 1 rings (SSSR count). The van der Waals surface area contributed by atoms with E-state index in [2.05, 4.69) is 11.8 Å². The number of nitrogens with zero attached hydrogens (tertiary/aromatic N) is 1. The molecule has 1 aliphatic carbocycles. The van der Waals surface area contributed by atoms with Crippen LogP contribution in [0.1, 0.15) is 39.0 Å². The summed E-state index contributed by atoms with van der Waals surface area (Å²) in [7, 11) is 0. The molecule has 0 aromatic heterocycles. The zero-order valence-corrected chi connectivity index (χ0v) is 11.3. The van der Waals surface area contributed by atoms with E-state index in [-0.39, 0.29) is 0 Å². The Bertz CT molecular complexity index is 215. The Kier molecular flexibility index (Phi) is 6.21. The van der Waals surface area contributed by atoms with E-state index in [0.29, 0.717) is 23.7 Å². The maximum atomic E-state index is 12.0. The van der Waals surface area contributed by atoms with Crippen LogP contribution in [-0.2, 0) is 4.79 Å². The van der Waals surface area contributed by atoms with E-state index < -0.39 is 0 Å². The molecule has 1 amide bonds. The van der Waals surface area contributed by atoms with Crippen molar-refractivity contribution in [2.24, 2.45) is 5.73 Å². The number of carbonyl (C=O) groups excluding carboxylic acids is 1. The van der Waals surface area contributed by atoms with Crippen LogP contribution in [0.4, 0.5) is 0 Å². The number of hydrogen-bond donors (Lipinski definition) is 1. The van der Waals surface area contributed by atoms with Gasteiger partial charge in [-0.25, -0.2) is 0 Å². The third kappa shape index (κ3) is 3.98. The smallest absolute Gasteiger partial charge is 0.232 e. The van der Waals surface area contributed by atoms with Gasteiger partial charge in [-0.15, -0.1) is 0 Å². The van der Waals surface area contributed by atoms with Crippen LogP contribution < -0.4 is 5.73 Å². The highest BCUT2D eigenvalue weighted by Crippen LogP contribution is 2.22. The minimum Gasteiger partial charge on any atom is -0.339 e. The molecule has 0 aliphatic heterocycles. The third-order valence-corrected chi connectivity index (χ3v) is 3.77. The molecule has 2 N–H and O–H groups in total. The minimum absolute atomic E-state index is 0.301. The van der Waals surface area contributed by atoms with E-state index in [4.69, 9.17) is 5.73 Å². The summed E-state index contributed by atoms with van der Waals surface area (Å²) < 4.78 is 0. The van der Waals surface area contributed by atoms with Crippen LogP contribution >= 0.6 is 11.8 Å². The Labute approximate surface area is 103 Å². The van der Waals surface area contributed by atoms with E-state index in [1.807, 2.05) is 6.26 Å². The van der Waals surface area contributed by atoms with Gasteiger partial charge in [0.05, 0.1) is 5.75 Å². The first-order valence-corrected chi connectivity index (χ1v) is 7.62. The Morgan fingerprint density at radius 3 is 2.50 bits per heavy atom. The van der Waals surface area contributed by atoms with Crippen molar-refractivity contribution in [1.29, 1.82) is 0 Å². The molecule has 94 valence electrons. The number of nitrogens with two attached hydrogens (primary N) is 1. The van der Waals surface area contributed by atoms with Gasteiger partial charge in [-0.2, -0.15) is 11.8 Å². The number of amides is 1. The number of hydrogen-bond acceptors (Lipinski definition) is 3. The van der Waals surface area contributed by atoms with Gasteiger partial charge >= 0.3 is 0 Å². The van der Waals surface area contributed by atoms with E-state index in [1.54, 1.807) is 11.8 Å².